The van der Waals surface area contributed by atoms with Gasteiger partial charge < -0.3 is 9.64 Å². The molecule has 1 saturated carbocycles. The molecule has 7 nitrogen and oxygen atoms in total. The lowest BCUT2D eigenvalue weighted by Crippen LogP contribution is -2.31. The van der Waals surface area contributed by atoms with Crippen molar-refractivity contribution >= 4 is 35.1 Å². The Morgan fingerprint density at radius 3 is 2.42 bits per heavy atom. The lowest BCUT2D eigenvalue weighted by molar-refractivity contribution is -0.139. The van der Waals surface area contributed by atoms with Crippen LogP contribution in [-0.2, 0) is 25.6 Å². The maximum atomic E-state index is 13.1. The van der Waals surface area contributed by atoms with E-state index in [-0.39, 0.29) is 42.5 Å². The van der Waals surface area contributed by atoms with E-state index in [1.807, 2.05) is 24.3 Å². The number of carbonyl (C=O) groups excluding carboxylic acids is 4. The average molecular weight is 489 g/mol. The molecule has 4 atom stereocenters. The molecule has 1 aliphatic carbocycles. The molecule has 0 bridgehead atoms. The minimum atomic E-state index is -0.560. The van der Waals surface area contributed by atoms with E-state index < -0.39 is 11.9 Å². The van der Waals surface area contributed by atoms with Crippen LogP contribution in [0, 0.1) is 30.6 Å². The number of nitrogens with zero attached hydrogens (tertiary/aromatic N) is 2. The molecule has 2 aromatic carbocycles. The van der Waals surface area contributed by atoms with Crippen LogP contribution >= 0.6 is 0 Å². The third-order valence-electron chi connectivity index (χ3n) is 7.93. The van der Waals surface area contributed by atoms with Crippen molar-refractivity contribution in [1.29, 1.82) is 0 Å². The van der Waals surface area contributed by atoms with Crippen LogP contribution in [-0.4, -0.2) is 30.2 Å². The fourth-order valence-electron chi connectivity index (χ4n) is 5.80. The van der Waals surface area contributed by atoms with Crippen LogP contribution in [0.1, 0.15) is 50.7 Å². The van der Waals surface area contributed by atoms with Crippen molar-refractivity contribution in [3.8, 4) is 5.75 Å². The van der Waals surface area contributed by atoms with Crippen molar-refractivity contribution in [2.45, 2.75) is 52.9 Å². The summed E-state index contributed by atoms with van der Waals surface area (Å²) in [5, 5.41) is 0. The van der Waals surface area contributed by atoms with Crippen LogP contribution in [0.5, 0.6) is 5.75 Å². The van der Waals surface area contributed by atoms with Crippen molar-refractivity contribution in [1.82, 2.24) is 0 Å². The molecular formula is C29H32N2O5. The second-order valence-electron chi connectivity index (χ2n) is 10.4. The van der Waals surface area contributed by atoms with Crippen molar-refractivity contribution in [2.24, 2.45) is 23.7 Å². The number of rotatable bonds is 5. The fourth-order valence-corrected chi connectivity index (χ4v) is 5.80. The number of anilines is 2. The molecule has 0 N–H and O–H groups in total. The van der Waals surface area contributed by atoms with E-state index in [0.717, 1.165) is 31.4 Å². The van der Waals surface area contributed by atoms with Gasteiger partial charge >= 0.3 is 5.97 Å². The van der Waals surface area contributed by atoms with Crippen molar-refractivity contribution in [2.75, 3.05) is 16.3 Å². The van der Waals surface area contributed by atoms with Crippen LogP contribution in [0.4, 0.5) is 11.4 Å². The molecule has 0 spiro atoms. The minimum absolute atomic E-state index is 0.101. The number of hydrogen-bond acceptors (Lipinski definition) is 5. The molecule has 3 aliphatic rings. The van der Waals surface area contributed by atoms with Gasteiger partial charge in [-0.1, -0.05) is 26.0 Å². The van der Waals surface area contributed by atoms with E-state index in [1.54, 1.807) is 30.0 Å². The minimum Gasteiger partial charge on any atom is -0.426 e. The number of benzene rings is 2. The Morgan fingerprint density at radius 2 is 1.72 bits per heavy atom. The Balaban J connectivity index is 1.26. The number of ether oxygens (including phenoxy) is 1. The zero-order valence-corrected chi connectivity index (χ0v) is 21.0. The van der Waals surface area contributed by atoms with Gasteiger partial charge in [0.2, 0.25) is 17.7 Å². The maximum absolute atomic E-state index is 13.1. The van der Waals surface area contributed by atoms with E-state index in [2.05, 4.69) is 13.8 Å². The first-order valence-electron chi connectivity index (χ1n) is 12.9. The van der Waals surface area contributed by atoms with Gasteiger partial charge in [0.05, 0.1) is 23.4 Å². The zero-order valence-electron chi connectivity index (χ0n) is 21.0. The fraction of sp³-hybridized carbons (Fsp3) is 0.448. The van der Waals surface area contributed by atoms with E-state index >= 15 is 0 Å². The quantitative estimate of drug-likeness (QED) is 0.353. The maximum Gasteiger partial charge on any atom is 0.316 e. The van der Waals surface area contributed by atoms with Crippen molar-refractivity contribution in [3.05, 3.63) is 53.6 Å². The summed E-state index contributed by atoms with van der Waals surface area (Å²) >= 11 is 0. The molecule has 2 aromatic rings. The second kappa shape index (κ2) is 9.52. The Bertz CT molecular complexity index is 1220. The normalized spacial score (nSPS) is 25.9. The first-order chi connectivity index (χ1) is 17.3. The molecule has 2 saturated heterocycles. The molecule has 2 heterocycles. The third-order valence-corrected chi connectivity index (χ3v) is 7.93. The van der Waals surface area contributed by atoms with Gasteiger partial charge in [-0.05, 0) is 80.0 Å². The molecule has 0 aromatic heterocycles. The summed E-state index contributed by atoms with van der Waals surface area (Å²) in [6.07, 6.45) is 3.49. The summed E-state index contributed by atoms with van der Waals surface area (Å²) in [6.45, 7) is 6.28. The Hall–Kier alpha value is -3.48. The van der Waals surface area contributed by atoms with E-state index in [4.69, 9.17) is 4.74 Å². The SMILES string of the molecule is CCc1ccc(N2C[C@H](C(=O)Oc3ccc(N4C(=O)[C@@H]5CC[C@@H](C)C[C@H]5C4=O)c(C)c3)CC2=O)cc1. The zero-order chi connectivity index (χ0) is 25.6. The smallest absolute Gasteiger partial charge is 0.316 e. The molecular weight excluding hydrogens is 456 g/mol. The van der Waals surface area contributed by atoms with Gasteiger partial charge in [-0.15, -0.1) is 0 Å². The average Bonchev–Trinajstić information content (AvgIpc) is 3.37. The highest BCUT2D eigenvalue weighted by molar-refractivity contribution is 6.22. The molecule has 188 valence electrons. The highest BCUT2D eigenvalue weighted by Crippen LogP contribution is 2.43. The molecule has 2 aliphatic heterocycles. The van der Waals surface area contributed by atoms with Gasteiger partial charge in [-0.3, -0.25) is 19.2 Å². The van der Waals surface area contributed by atoms with E-state index in [9.17, 15) is 19.2 Å². The number of fused-ring (bicyclic) bond motifs is 1. The number of imide groups is 1. The summed E-state index contributed by atoms with van der Waals surface area (Å²) in [7, 11) is 0. The van der Waals surface area contributed by atoms with Gasteiger partial charge in [-0.25, -0.2) is 4.90 Å². The number of amides is 3. The number of aryl methyl sites for hydroxylation is 2. The van der Waals surface area contributed by atoms with E-state index in [1.165, 1.54) is 10.5 Å². The molecule has 0 radical (unpaired) electrons. The number of carbonyl (C=O) groups is 4. The van der Waals surface area contributed by atoms with Gasteiger partial charge in [0.25, 0.3) is 0 Å². The molecule has 3 amide bonds. The van der Waals surface area contributed by atoms with Crippen molar-refractivity contribution in [3.63, 3.8) is 0 Å². The molecule has 36 heavy (non-hydrogen) atoms. The summed E-state index contributed by atoms with van der Waals surface area (Å²) in [6, 6.07) is 12.8. The highest BCUT2D eigenvalue weighted by atomic mass is 16.5. The first-order valence-corrected chi connectivity index (χ1v) is 12.9. The van der Waals surface area contributed by atoms with Gasteiger partial charge in [-0.2, -0.15) is 0 Å². The van der Waals surface area contributed by atoms with Crippen molar-refractivity contribution < 1.29 is 23.9 Å². The topological polar surface area (TPSA) is 84.0 Å². The molecule has 3 fully saturated rings. The van der Waals surface area contributed by atoms with Gasteiger partial charge in [0.15, 0.2) is 0 Å². The van der Waals surface area contributed by atoms with Gasteiger partial charge in [0.1, 0.15) is 5.75 Å². The summed E-state index contributed by atoms with van der Waals surface area (Å²) in [5.74, 6) is -1.06. The predicted octanol–water partition coefficient (Wildman–Crippen LogP) is 4.44. The summed E-state index contributed by atoms with van der Waals surface area (Å²) < 4.78 is 5.62. The molecule has 0 unspecified atom stereocenters. The summed E-state index contributed by atoms with van der Waals surface area (Å²) in [5.41, 5.74) is 3.20. The van der Waals surface area contributed by atoms with Crippen LogP contribution in [0.15, 0.2) is 42.5 Å². The van der Waals surface area contributed by atoms with Gasteiger partial charge in [0, 0.05) is 18.7 Å². The highest BCUT2D eigenvalue weighted by Gasteiger charge is 2.50. The molecule has 5 rings (SSSR count). The largest absolute Gasteiger partial charge is 0.426 e. The monoisotopic (exact) mass is 488 g/mol. The lowest BCUT2D eigenvalue weighted by Gasteiger charge is -2.25. The van der Waals surface area contributed by atoms with Crippen LogP contribution < -0.4 is 14.5 Å². The van der Waals surface area contributed by atoms with Crippen LogP contribution in [0.2, 0.25) is 0 Å². The number of hydrogen-bond donors (Lipinski definition) is 0. The predicted molar refractivity (Wildman–Crippen MR) is 136 cm³/mol. The Labute approximate surface area is 211 Å². The lowest BCUT2D eigenvalue weighted by atomic mass is 9.76. The Kier molecular flexibility index (Phi) is 6.41. The van der Waals surface area contributed by atoms with Crippen LogP contribution in [0.3, 0.4) is 0 Å². The standard InChI is InChI=1S/C29H32N2O5/c1-4-19-6-8-21(9-7-19)30-16-20(15-26(30)32)29(35)36-22-10-12-25(18(3)14-22)31-27(33)23-11-5-17(2)13-24(23)28(31)34/h6-10,12,14,17,20,23-24H,4-5,11,13,15-16H2,1-3H3/t17-,20-,23-,24-/m1/s1. The number of esters is 1. The van der Waals surface area contributed by atoms with E-state index in [0.29, 0.717) is 22.9 Å². The summed E-state index contributed by atoms with van der Waals surface area (Å²) in [4.78, 5) is 54.5. The Morgan fingerprint density at radius 1 is 1.00 bits per heavy atom. The third kappa shape index (κ3) is 4.31. The second-order valence-corrected chi connectivity index (χ2v) is 10.4. The molecule has 7 heteroatoms. The first kappa shape index (κ1) is 24.2. The van der Waals surface area contributed by atoms with Crippen LogP contribution in [0.25, 0.3) is 0 Å².